The average Bonchev–Trinajstić information content (AvgIpc) is 2.77. The number of carboxylic acid groups (broad SMARTS) is 1. The minimum Gasteiger partial charge on any atom is -0.481 e. The Morgan fingerprint density at radius 2 is 2.06 bits per heavy atom. The number of aliphatic carboxylic acids is 1. The highest BCUT2D eigenvalue weighted by atomic mass is 32.1. The van der Waals surface area contributed by atoms with Crippen LogP contribution in [0.2, 0.25) is 0 Å². The topological polar surface area (TPSA) is 66.4 Å². The van der Waals surface area contributed by atoms with Crippen molar-refractivity contribution in [2.45, 2.75) is 38.1 Å². The van der Waals surface area contributed by atoms with E-state index in [-0.39, 0.29) is 11.9 Å². The lowest BCUT2D eigenvalue weighted by Crippen LogP contribution is -2.42. The van der Waals surface area contributed by atoms with Gasteiger partial charge >= 0.3 is 5.97 Å². The monoisotopic (exact) mass is 267 g/mol. The number of hydrogen-bond donors (Lipinski definition) is 2. The fourth-order valence-electron chi connectivity index (χ4n) is 2.42. The zero-order chi connectivity index (χ0) is 13.0. The molecule has 18 heavy (non-hydrogen) atoms. The summed E-state index contributed by atoms with van der Waals surface area (Å²) in [6.45, 7) is 0. The van der Waals surface area contributed by atoms with Gasteiger partial charge in [-0.2, -0.15) is 0 Å². The summed E-state index contributed by atoms with van der Waals surface area (Å²) in [5.41, 5.74) is 0. The van der Waals surface area contributed by atoms with E-state index < -0.39 is 11.9 Å². The van der Waals surface area contributed by atoms with Crippen LogP contribution in [-0.4, -0.2) is 23.0 Å². The summed E-state index contributed by atoms with van der Waals surface area (Å²) in [6, 6.07) is 3.34. The predicted molar refractivity (Wildman–Crippen MR) is 69.8 cm³/mol. The SMILES string of the molecule is O=C(N[C@H]1CCCCC[C@H]1C(=O)O)c1cccs1. The van der Waals surface area contributed by atoms with E-state index >= 15 is 0 Å². The molecule has 0 saturated heterocycles. The molecule has 2 rings (SSSR count). The Labute approximate surface area is 110 Å². The van der Waals surface area contributed by atoms with Gasteiger partial charge in [-0.1, -0.05) is 25.3 Å². The molecule has 1 aromatic rings. The van der Waals surface area contributed by atoms with Gasteiger partial charge < -0.3 is 10.4 Å². The zero-order valence-electron chi connectivity index (χ0n) is 10.1. The van der Waals surface area contributed by atoms with Gasteiger partial charge in [0.15, 0.2) is 0 Å². The van der Waals surface area contributed by atoms with Crippen LogP contribution in [0.3, 0.4) is 0 Å². The molecular weight excluding hydrogens is 250 g/mol. The predicted octanol–water partition coefficient (Wildman–Crippen LogP) is 2.51. The molecule has 4 nitrogen and oxygen atoms in total. The molecule has 0 radical (unpaired) electrons. The third-order valence-corrected chi connectivity index (χ3v) is 4.26. The largest absolute Gasteiger partial charge is 0.481 e. The van der Waals surface area contributed by atoms with Gasteiger partial charge in [-0.25, -0.2) is 0 Å². The Balaban J connectivity index is 2.04. The van der Waals surface area contributed by atoms with Crippen LogP contribution in [0.1, 0.15) is 41.8 Å². The van der Waals surface area contributed by atoms with E-state index in [1.165, 1.54) is 11.3 Å². The van der Waals surface area contributed by atoms with E-state index in [1.807, 2.05) is 11.4 Å². The fourth-order valence-corrected chi connectivity index (χ4v) is 3.05. The lowest BCUT2D eigenvalue weighted by atomic mass is 9.95. The maximum atomic E-state index is 12.0. The normalized spacial score (nSPS) is 24.2. The van der Waals surface area contributed by atoms with Crippen molar-refractivity contribution in [2.24, 2.45) is 5.92 Å². The van der Waals surface area contributed by atoms with Crippen molar-refractivity contribution in [2.75, 3.05) is 0 Å². The third-order valence-electron chi connectivity index (χ3n) is 3.39. The van der Waals surface area contributed by atoms with Gasteiger partial charge in [0, 0.05) is 6.04 Å². The standard InChI is InChI=1S/C13H17NO3S/c15-12(11-7-4-8-18-11)14-10-6-3-1-2-5-9(10)13(16)17/h4,7-10H,1-3,5-6H2,(H,14,15)(H,16,17)/t9-,10+/m1/s1. The van der Waals surface area contributed by atoms with Gasteiger partial charge in [-0.15, -0.1) is 11.3 Å². The molecule has 0 unspecified atom stereocenters. The Kier molecular flexibility index (Phi) is 4.36. The second-order valence-corrected chi connectivity index (χ2v) is 5.59. The van der Waals surface area contributed by atoms with Crippen molar-refractivity contribution in [3.8, 4) is 0 Å². The number of carbonyl (C=O) groups excluding carboxylic acids is 1. The molecule has 1 aliphatic rings. The Morgan fingerprint density at radius 1 is 1.28 bits per heavy atom. The molecule has 1 saturated carbocycles. The van der Waals surface area contributed by atoms with Crippen LogP contribution in [-0.2, 0) is 4.79 Å². The Morgan fingerprint density at radius 3 is 2.72 bits per heavy atom. The van der Waals surface area contributed by atoms with Crippen molar-refractivity contribution in [1.29, 1.82) is 0 Å². The molecule has 1 heterocycles. The molecule has 0 aliphatic heterocycles. The van der Waals surface area contributed by atoms with Crippen LogP contribution < -0.4 is 5.32 Å². The Bertz CT molecular complexity index is 416. The number of thiophene rings is 1. The summed E-state index contributed by atoms with van der Waals surface area (Å²) >= 11 is 1.37. The van der Waals surface area contributed by atoms with Crippen LogP contribution in [0.15, 0.2) is 17.5 Å². The van der Waals surface area contributed by atoms with Gasteiger partial charge in [-0.05, 0) is 24.3 Å². The van der Waals surface area contributed by atoms with Gasteiger partial charge in [0.2, 0.25) is 0 Å². The highest BCUT2D eigenvalue weighted by molar-refractivity contribution is 7.12. The smallest absolute Gasteiger partial charge is 0.308 e. The molecule has 1 aliphatic carbocycles. The van der Waals surface area contributed by atoms with Gasteiger partial charge in [-0.3, -0.25) is 9.59 Å². The number of nitrogens with one attached hydrogen (secondary N) is 1. The Hall–Kier alpha value is -1.36. The van der Waals surface area contributed by atoms with Crippen LogP contribution in [0.4, 0.5) is 0 Å². The second kappa shape index (κ2) is 6.00. The van der Waals surface area contributed by atoms with E-state index in [2.05, 4.69) is 5.32 Å². The van der Waals surface area contributed by atoms with Crippen molar-refractivity contribution in [1.82, 2.24) is 5.32 Å². The molecule has 2 N–H and O–H groups in total. The highest BCUT2D eigenvalue weighted by Crippen LogP contribution is 2.24. The lowest BCUT2D eigenvalue weighted by Gasteiger charge is -2.22. The van der Waals surface area contributed by atoms with Crippen LogP contribution in [0.25, 0.3) is 0 Å². The van der Waals surface area contributed by atoms with Gasteiger partial charge in [0.05, 0.1) is 10.8 Å². The number of hydrogen-bond acceptors (Lipinski definition) is 3. The summed E-state index contributed by atoms with van der Waals surface area (Å²) < 4.78 is 0. The van der Waals surface area contributed by atoms with E-state index in [0.29, 0.717) is 11.3 Å². The first-order valence-corrected chi connectivity index (χ1v) is 7.13. The maximum Gasteiger partial charge on any atom is 0.308 e. The number of carbonyl (C=O) groups is 2. The summed E-state index contributed by atoms with van der Waals surface area (Å²) in [4.78, 5) is 23.8. The molecule has 1 aromatic heterocycles. The van der Waals surface area contributed by atoms with Crippen molar-refractivity contribution < 1.29 is 14.7 Å². The zero-order valence-corrected chi connectivity index (χ0v) is 10.9. The van der Waals surface area contributed by atoms with Gasteiger partial charge in [0.25, 0.3) is 5.91 Å². The second-order valence-electron chi connectivity index (χ2n) is 4.64. The van der Waals surface area contributed by atoms with Crippen molar-refractivity contribution in [3.63, 3.8) is 0 Å². The first kappa shape index (κ1) is 13.1. The van der Waals surface area contributed by atoms with Crippen LogP contribution >= 0.6 is 11.3 Å². The molecular formula is C13H17NO3S. The summed E-state index contributed by atoms with van der Waals surface area (Å²) in [5.74, 6) is -1.40. The average molecular weight is 267 g/mol. The quantitative estimate of drug-likeness (QED) is 0.827. The molecule has 1 fully saturated rings. The fraction of sp³-hybridized carbons (Fsp3) is 0.538. The van der Waals surface area contributed by atoms with Crippen LogP contribution in [0, 0.1) is 5.92 Å². The molecule has 0 aromatic carbocycles. The number of carboxylic acids is 1. The molecule has 0 spiro atoms. The molecule has 1 amide bonds. The third kappa shape index (κ3) is 3.10. The van der Waals surface area contributed by atoms with E-state index in [0.717, 1.165) is 25.7 Å². The summed E-state index contributed by atoms with van der Waals surface area (Å²) in [7, 11) is 0. The molecule has 2 atom stereocenters. The summed E-state index contributed by atoms with van der Waals surface area (Å²) in [5, 5.41) is 14.0. The van der Waals surface area contributed by atoms with Crippen LogP contribution in [0.5, 0.6) is 0 Å². The minimum absolute atomic E-state index is 0.150. The van der Waals surface area contributed by atoms with E-state index in [4.69, 9.17) is 0 Å². The van der Waals surface area contributed by atoms with E-state index in [1.54, 1.807) is 6.07 Å². The minimum atomic E-state index is -0.798. The van der Waals surface area contributed by atoms with E-state index in [9.17, 15) is 14.7 Å². The van der Waals surface area contributed by atoms with Crippen molar-refractivity contribution >= 4 is 23.2 Å². The van der Waals surface area contributed by atoms with Crippen molar-refractivity contribution in [3.05, 3.63) is 22.4 Å². The highest BCUT2D eigenvalue weighted by Gasteiger charge is 2.30. The van der Waals surface area contributed by atoms with Gasteiger partial charge in [0.1, 0.15) is 0 Å². The number of rotatable bonds is 3. The molecule has 0 bridgehead atoms. The summed E-state index contributed by atoms with van der Waals surface area (Å²) in [6.07, 6.45) is 4.38. The first-order valence-electron chi connectivity index (χ1n) is 6.25. The molecule has 5 heteroatoms. The lowest BCUT2D eigenvalue weighted by molar-refractivity contribution is -0.142. The molecule has 98 valence electrons. The maximum absolute atomic E-state index is 12.0. The first-order chi connectivity index (χ1) is 8.68. The number of amides is 1.